The van der Waals surface area contributed by atoms with E-state index in [1.165, 1.54) is 0 Å². The number of hydrogen-bond acceptors (Lipinski definition) is 6. The number of anilines is 1. The molecule has 10 heteroatoms. The molecule has 0 saturated carbocycles. The van der Waals surface area contributed by atoms with Gasteiger partial charge in [0.05, 0.1) is 19.0 Å². The van der Waals surface area contributed by atoms with Crippen molar-refractivity contribution in [1.82, 2.24) is 15.6 Å². The molecule has 216 valence electrons. The summed E-state index contributed by atoms with van der Waals surface area (Å²) in [5, 5.41) is 19.5. The molecular weight excluding hydrogens is 534 g/mol. The van der Waals surface area contributed by atoms with Crippen LogP contribution in [0.1, 0.15) is 46.8 Å². The maximum atomic E-state index is 12.6. The molecule has 1 heterocycles. The molecule has 10 nitrogen and oxygen atoms in total. The first-order valence-corrected chi connectivity index (χ1v) is 13.6. The van der Waals surface area contributed by atoms with Gasteiger partial charge in [-0.05, 0) is 64.6 Å². The van der Waals surface area contributed by atoms with Gasteiger partial charge in [0.15, 0.2) is 0 Å². The number of hydrogen-bond donors (Lipinski definition) is 5. The molecule has 42 heavy (non-hydrogen) atoms. The van der Waals surface area contributed by atoms with Gasteiger partial charge >= 0.3 is 5.97 Å². The van der Waals surface area contributed by atoms with Crippen molar-refractivity contribution < 1.29 is 24.3 Å². The van der Waals surface area contributed by atoms with Gasteiger partial charge in [-0.2, -0.15) is 0 Å². The van der Waals surface area contributed by atoms with Gasteiger partial charge in [-0.1, -0.05) is 54.6 Å². The molecule has 0 saturated heterocycles. The number of carbonyl (C=O) groups excluding carboxylic acids is 3. The second kappa shape index (κ2) is 13.9. The summed E-state index contributed by atoms with van der Waals surface area (Å²) in [7, 11) is 0. The second-order valence-corrected chi connectivity index (χ2v) is 9.94. The number of nitrogens with two attached hydrogens (primary N) is 1. The fraction of sp³-hybridized carbons (Fsp3) is 0.219. The standard InChI is InChI=1S/C32H33N5O5/c1-20-14-16-35-28(17-20)34-15-4-7-29(38)36-19-30(39)37-27(18-31(40)41)22-10-8-21(9-11-22)23-12-13-26(32(33)42)25-6-3-2-5-24(23)25/h2-3,5-6,8-14,16-17,27H,4,7,15,18-19H2,1H3,(H2,33,42)(H,34,35)(H,36,38)(H,37,39)(H,40,41)/t27-/m0/s1. The molecule has 0 bridgehead atoms. The van der Waals surface area contributed by atoms with Crippen molar-refractivity contribution in [3.05, 3.63) is 95.7 Å². The second-order valence-electron chi connectivity index (χ2n) is 9.94. The van der Waals surface area contributed by atoms with Crippen molar-refractivity contribution in [2.45, 2.75) is 32.2 Å². The third-order valence-electron chi connectivity index (χ3n) is 6.78. The first-order valence-electron chi connectivity index (χ1n) is 13.6. The zero-order chi connectivity index (χ0) is 30.1. The normalized spacial score (nSPS) is 11.5. The lowest BCUT2D eigenvalue weighted by Gasteiger charge is -2.18. The summed E-state index contributed by atoms with van der Waals surface area (Å²) in [4.78, 5) is 52.5. The maximum Gasteiger partial charge on any atom is 0.305 e. The molecule has 3 amide bonds. The number of carboxylic acids is 1. The number of amides is 3. The third kappa shape index (κ3) is 7.91. The van der Waals surface area contributed by atoms with Crippen LogP contribution in [0.5, 0.6) is 0 Å². The van der Waals surface area contributed by atoms with Gasteiger partial charge in [0, 0.05) is 24.7 Å². The zero-order valence-electron chi connectivity index (χ0n) is 23.2. The Morgan fingerprint density at radius 2 is 1.67 bits per heavy atom. The van der Waals surface area contributed by atoms with Crippen LogP contribution in [-0.4, -0.2) is 46.9 Å². The van der Waals surface area contributed by atoms with Crippen LogP contribution in [0.2, 0.25) is 0 Å². The van der Waals surface area contributed by atoms with Crippen LogP contribution < -0.4 is 21.7 Å². The van der Waals surface area contributed by atoms with E-state index in [1.54, 1.807) is 24.4 Å². The summed E-state index contributed by atoms with van der Waals surface area (Å²) < 4.78 is 0. The van der Waals surface area contributed by atoms with E-state index in [0.29, 0.717) is 24.1 Å². The van der Waals surface area contributed by atoms with E-state index in [4.69, 9.17) is 5.73 Å². The Bertz CT molecular complexity index is 1600. The highest BCUT2D eigenvalue weighted by molar-refractivity contribution is 6.10. The minimum Gasteiger partial charge on any atom is -0.481 e. The van der Waals surface area contributed by atoms with Gasteiger partial charge in [0.25, 0.3) is 0 Å². The van der Waals surface area contributed by atoms with Crippen molar-refractivity contribution in [3.8, 4) is 11.1 Å². The molecule has 0 fully saturated rings. The molecule has 1 atom stereocenters. The number of rotatable bonds is 13. The fourth-order valence-corrected chi connectivity index (χ4v) is 4.70. The van der Waals surface area contributed by atoms with Gasteiger partial charge in [-0.3, -0.25) is 19.2 Å². The lowest BCUT2D eigenvalue weighted by molar-refractivity contribution is -0.138. The summed E-state index contributed by atoms with van der Waals surface area (Å²) in [6.45, 7) is 2.26. The smallest absolute Gasteiger partial charge is 0.305 e. The molecule has 0 spiro atoms. The van der Waals surface area contributed by atoms with Gasteiger partial charge in [-0.15, -0.1) is 0 Å². The van der Waals surface area contributed by atoms with Crippen molar-refractivity contribution in [1.29, 1.82) is 0 Å². The van der Waals surface area contributed by atoms with Crippen LogP contribution in [0, 0.1) is 6.92 Å². The summed E-state index contributed by atoms with van der Waals surface area (Å²) in [5.41, 5.74) is 9.40. The molecule has 0 aliphatic rings. The Morgan fingerprint density at radius 3 is 2.36 bits per heavy atom. The average molecular weight is 568 g/mol. The highest BCUT2D eigenvalue weighted by atomic mass is 16.4. The van der Waals surface area contributed by atoms with Crippen molar-refractivity contribution in [2.75, 3.05) is 18.4 Å². The van der Waals surface area contributed by atoms with Gasteiger partial charge < -0.3 is 26.8 Å². The highest BCUT2D eigenvalue weighted by Crippen LogP contribution is 2.32. The summed E-state index contributed by atoms with van der Waals surface area (Å²) in [6, 6.07) is 21.2. The van der Waals surface area contributed by atoms with Gasteiger partial charge in [0.2, 0.25) is 17.7 Å². The number of benzene rings is 3. The number of fused-ring (bicyclic) bond motifs is 1. The van der Waals surface area contributed by atoms with Crippen LogP contribution in [0.3, 0.4) is 0 Å². The van der Waals surface area contributed by atoms with Crippen LogP contribution >= 0.6 is 0 Å². The minimum absolute atomic E-state index is 0.223. The van der Waals surface area contributed by atoms with Crippen LogP contribution in [0.25, 0.3) is 21.9 Å². The third-order valence-corrected chi connectivity index (χ3v) is 6.78. The lowest BCUT2D eigenvalue weighted by atomic mass is 9.93. The Morgan fingerprint density at radius 1 is 0.929 bits per heavy atom. The molecule has 0 radical (unpaired) electrons. The molecule has 6 N–H and O–H groups in total. The molecule has 0 unspecified atom stereocenters. The van der Waals surface area contributed by atoms with Crippen LogP contribution in [0.15, 0.2) is 79.0 Å². The van der Waals surface area contributed by atoms with Crippen molar-refractivity contribution in [2.24, 2.45) is 5.73 Å². The topological polar surface area (TPSA) is 164 Å². The van der Waals surface area contributed by atoms with Gasteiger partial charge in [0.1, 0.15) is 5.82 Å². The van der Waals surface area contributed by atoms with E-state index in [0.717, 1.165) is 33.3 Å². The quantitative estimate of drug-likeness (QED) is 0.153. The van der Waals surface area contributed by atoms with E-state index in [1.807, 2.05) is 61.5 Å². The predicted octanol–water partition coefficient (Wildman–Crippen LogP) is 3.95. The van der Waals surface area contributed by atoms with Gasteiger partial charge in [-0.25, -0.2) is 4.98 Å². The average Bonchev–Trinajstić information content (AvgIpc) is 2.97. The summed E-state index contributed by atoms with van der Waals surface area (Å²) >= 11 is 0. The van der Waals surface area contributed by atoms with E-state index in [-0.39, 0.29) is 25.3 Å². The Labute approximate surface area is 243 Å². The molecule has 3 aromatic carbocycles. The number of aryl methyl sites for hydroxylation is 1. The molecule has 4 rings (SSSR count). The summed E-state index contributed by atoms with van der Waals surface area (Å²) in [6.07, 6.45) is 2.16. The first-order chi connectivity index (χ1) is 20.2. The first kappa shape index (κ1) is 29.7. The monoisotopic (exact) mass is 567 g/mol. The maximum absolute atomic E-state index is 12.6. The number of nitrogens with one attached hydrogen (secondary N) is 3. The fourth-order valence-electron chi connectivity index (χ4n) is 4.70. The zero-order valence-corrected chi connectivity index (χ0v) is 23.2. The van der Waals surface area contributed by atoms with E-state index < -0.39 is 23.8 Å². The van der Waals surface area contributed by atoms with E-state index in [9.17, 15) is 24.3 Å². The Kier molecular flexibility index (Phi) is 9.83. The Balaban J connectivity index is 1.35. The Hall–Kier alpha value is -5.25. The molecule has 0 aliphatic carbocycles. The summed E-state index contributed by atoms with van der Waals surface area (Å²) in [5.74, 6) is -1.62. The number of nitrogens with zero attached hydrogens (tertiary/aromatic N) is 1. The largest absolute Gasteiger partial charge is 0.481 e. The van der Waals surface area contributed by atoms with Crippen LogP contribution in [0.4, 0.5) is 5.82 Å². The van der Waals surface area contributed by atoms with Crippen LogP contribution in [-0.2, 0) is 14.4 Å². The minimum atomic E-state index is -1.07. The number of aromatic nitrogens is 1. The number of pyridine rings is 1. The number of aliphatic carboxylic acids is 1. The molecule has 4 aromatic rings. The highest BCUT2D eigenvalue weighted by Gasteiger charge is 2.19. The molecule has 0 aliphatic heterocycles. The number of carboxylic acid groups (broad SMARTS) is 1. The van der Waals surface area contributed by atoms with Crippen molar-refractivity contribution in [3.63, 3.8) is 0 Å². The number of primary amides is 1. The van der Waals surface area contributed by atoms with E-state index >= 15 is 0 Å². The number of carbonyl (C=O) groups is 4. The van der Waals surface area contributed by atoms with Crippen molar-refractivity contribution >= 4 is 40.3 Å². The molecule has 1 aromatic heterocycles. The van der Waals surface area contributed by atoms with E-state index in [2.05, 4.69) is 20.9 Å². The SMILES string of the molecule is Cc1ccnc(NCCCC(=O)NCC(=O)N[C@@H](CC(=O)O)c2ccc(-c3ccc(C(N)=O)c4ccccc34)cc2)c1. The lowest BCUT2D eigenvalue weighted by Crippen LogP contribution is -2.39. The molecular formula is C32H33N5O5. The predicted molar refractivity (Wildman–Crippen MR) is 161 cm³/mol.